The number of hydrogen-bond donors (Lipinski definition) is 2. The van der Waals surface area contributed by atoms with Gasteiger partial charge in [-0.1, -0.05) is 18.2 Å². The Morgan fingerprint density at radius 2 is 2.41 bits per heavy atom. The minimum atomic E-state index is -0.460. The first-order chi connectivity index (χ1) is 10.7. The molecule has 3 N–H and O–H groups in total. The fourth-order valence-electron chi connectivity index (χ4n) is 2.14. The number of rotatable bonds is 4. The van der Waals surface area contributed by atoms with Crippen LogP contribution >= 0.6 is 22.9 Å². The van der Waals surface area contributed by atoms with Crippen LogP contribution in [0, 0.1) is 0 Å². The molecule has 2 atom stereocenters. The van der Waals surface area contributed by atoms with Gasteiger partial charge in [0.1, 0.15) is 11.1 Å². The van der Waals surface area contributed by atoms with Crippen LogP contribution in [0.25, 0.3) is 0 Å². The Labute approximate surface area is 136 Å². The SMILES string of the molecule is O=C1OC(C2=CC([NH2+]O)C(Cl)C=C2)=NC1=CCc1cccs1. The van der Waals surface area contributed by atoms with Gasteiger partial charge in [0, 0.05) is 16.9 Å². The van der Waals surface area contributed by atoms with Crippen molar-refractivity contribution in [1.82, 2.24) is 0 Å². The predicted molar refractivity (Wildman–Crippen MR) is 84.0 cm³/mol. The zero-order valence-electron chi connectivity index (χ0n) is 11.5. The van der Waals surface area contributed by atoms with Gasteiger partial charge in [-0.05, 0) is 23.6 Å². The van der Waals surface area contributed by atoms with Gasteiger partial charge in [0.05, 0.1) is 0 Å². The van der Waals surface area contributed by atoms with Crippen molar-refractivity contribution in [1.29, 1.82) is 0 Å². The lowest BCUT2D eigenvalue weighted by atomic mass is 10.0. The number of nitrogens with two attached hydrogens (primary N) is 1. The molecule has 2 aliphatic rings. The zero-order chi connectivity index (χ0) is 15.5. The van der Waals surface area contributed by atoms with E-state index in [1.807, 2.05) is 17.5 Å². The molecule has 0 fully saturated rings. The van der Waals surface area contributed by atoms with Gasteiger partial charge in [0.25, 0.3) is 0 Å². The summed E-state index contributed by atoms with van der Waals surface area (Å²) in [6, 6.07) is 3.63. The van der Waals surface area contributed by atoms with Crippen molar-refractivity contribution in [2.24, 2.45) is 4.99 Å². The monoisotopic (exact) mass is 337 g/mol. The van der Waals surface area contributed by atoms with Crippen molar-refractivity contribution in [3.8, 4) is 0 Å². The lowest BCUT2D eigenvalue weighted by Gasteiger charge is -2.15. The van der Waals surface area contributed by atoms with E-state index in [0.29, 0.717) is 17.7 Å². The standard InChI is InChI=1S/C15H13ClN2O3S/c16-11-5-3-9(8-13(11)18-20)14-17-12(15(19)21-14)6-4-10-2-1-7-22-10/h1-3,5-8,11,13,18,20H,4H2/p+1. The molecular formula is C15H14ClN2O3S+. The Morgan fingerprint density at radius 3 is 3.14 bits per heavy atom. The number of esters is 1. The molecule has 1 aliphatic carbocycles. The molecule has 1 aliphatic heterocycles. The van der Waals surface area contributed by atoms with Crippen LogP contribution in [-0.2, 0) is 16.0 Å². The van der Waals surface area contributed by atoms with Crippen molar-refractivity contribution in [2.45, 2.75) is 17.8 Å². The normalized spacial score (nSPS) is 26.1. The Balaban J connectivity index is 1.78. The highest BCUT2D eigenvalue weighted by atomic mass is 35.5. The number of carbonyl (C=O) groups is 1. The molecule has 7 heteroatoms. The second-order valence-electron chi connectivity index (χ2n) is 4.83. The first-order valence-electron chi connectivity index (χ1n) is 6.73. The molecule has 1 aromatic heterocycles. The van der Waals surface area contributed by atoms with Gasteiger partial charge in [-0.15, -0.1) is 22.9 Å². The van der Waals surface area contributed by atoms with Crippen molar-refractivity contribution in [3.63, 3.8) is 0 Å². The number of allylic oxidation sites excluding steroid dienone is 1. The second kappa shape index (κ2) is 6.58. The van der Waals surface area contributed by atoms with E-state index in [2.05, 4.69) is 4.99 Å². The molecule has 2 heterocycles. The highest BCUT2D eigenvalue weighted by Crippen LogP contribution is 2.22. The largest absolute Gasteiger partial charge is 0.402 e. The van der Waals surface area contributed by atoms with E-state index in [1.54, 1.807) is 35.6 Å². The number of ether oxygens (including phenoxy) is 1. The molecule has 0 radical (unpaired) electrons. The van der Waals surface area contributed by atoms with Crippen LogP contribution in [0.3, 0.4) is 0 Å². The van der Waals surface area contributed by atoms with Crippen molar-refractivity contribution in [3.05, 3.63) is 58.0 Å². The van der Waals surface area contributed by atoms with E-state index in [1.165, 1.54) is 0 Å². The number of aliphatic imine (C=N–C) groups is 1. The van der Waals surface area contributed by atoms with E-state index in [9.17, 15) is 10.0 Å². The summed E-state index contributed by atoms with van der Waals surface area (Å²) in [6.45, 7) is 0. The maximum Gasteiger partial charge on any atom is 0.363 e. The highest BCUT2D eigenvalue weighted by Gasteiger charge is 2.29. The van der Waals surface area contributed by atoms with Crippen LogP contribution < -0.4 is 5.48 Å². The Morgan fingerprint density at radius 1 is 1.55 bits per heavy atom. The molecule has 1 aromatic rings. The molecule has 0 spiro atoms. The third kappa shape index (κ3) is 3.20. The molecule has 0 saturated carbocycles. The summed E-state index contributed by atoms with van der Waals surface area (Å²) in [5.74, 6) is -0.215. The van der Waals surface area contributed by atoms with Crippen LogP contribution in [0.2, 0.25) is 0 Å². The molecule has 3 rings (SSSR count). The number of thiophene rings is 1. The van der Waals surface area contributed by atoms with Gasteiger partial charge in [-0.3, -0.25) is 0 Å². The molecule has 2 unspecified atom stereocenters. The Hall–Kier alpha value is -1.73. The summed E-state index contributed by atoms with van der Waals surface area (Å²) in [5, 5.41) is 10.8. The number of carbonyl (C=O) groups excluding carboxylic acids is 1. The average molecular weight is 338 g/mol. The van der Waals surface area contributed by atoms with Gasteiger partial charge in [-0.25, -0.2) is 15.0 Å². The third-order valence-corrected chi connectivity index (χ3v) is 4.65. The number of hydroxylamine groups is 1. The van der Waals surface area contributed by atoms with E-state index in [4.69, 9.17) is 16.3 Å². The topological polar surface area (TPSA) is 75.5 Å². The van der Waals surface area contributed by atoms with Crippen molar-refractivity contribution in [2.75, 3.05) is 0 Å². The molecule has 5 nitrogen and oxygen atoms in total. The van der Waals surface area contributed by atoms with Crippen LogP contribution in [0.4, 0.5) is 0 Å². The minimum absolute atomic E-state index is 0.245. The number of alkyl halides is 1. The molecule has 0 saturated heterocycles. The van der Waals surface area contributed by atoms with Crippen LogP contribution in [-0.4, -0.2) is 28.5 Å². The Bertz CT molecular complexity index is 692. The van der Waals surface area contributed by atoms with E-state index in [-0.39, 0.29) is 17.3 Å². The van der Waals surface area contributed by atoms with E-state index < -0.39 is 5.97 Å². The van der Waals surface area contributed by atoms with Crippen LogP contribution in [0.15, 0.2) is 58.1 Å². The summed E-state index contributed by atoms with van der Waals surface area (Å²) in [6.07, 6.45) is 7.61. The minimum Gasteiger partial charge on any atom is -0.402 e. The van der Waals surface area contributed by atoms with Gasteiger partial charge in [0.2, 0.25) is 5.90 Å². The van der Waals surface area contributed by atoms with Crippen LogP contribution in [0.5, 0.6) is 0 Å². The van der Waals surface area contributed by atoms with Gasteiger partial charge < -0.3 is 4.74 Å². The maximum absolute atomic E-state index is 11.9. The summed E-state index contributed by atoms with van der Waals surface area (Å²) in [7, 11) is 0. The third-order valence-electron chi connectivity index (χ3n) is 3.32. The number of hydrogen-bond acceptors (Lipinski definition) is 5. The summed E-state index contributed by atoms with van der Waals surface area (Å²) in [4.78, 5) is 17.3. The lowest BCUT2D eigenvalue weighted by Crippen LogP contribution is -2.88. The van der Waals surface area contributed by atoms with Crippen molar-refractivity contribution < 1.29 is 20.2 Å². The van der Waals surface area contributed by atoms with Gasteiger partial charge >= 0.3 is 5.97 Å². The van der Waals surface area contributed by atoms with E-state index in [0.717, 1.165) is 10.4 Å². The molecule has 0 amide bonds. The smallest absolute Gasteiger partial charge is 0.363 e. The number of quaternary nitrogens is 1. The van der Waals surface area contributed by atoms with Gasteiger partial charge in [0.15, 0.2) is 6.04 Å². The second-order valence-corrected chi connectivity index (χ2v) is 6.37. The quantitative estimate of drug-likeness (QED) is 0.379. The summed E-state index contributed by atoms with van der Waals surface area (Å²) in [5.41, 5.74) is 1.96. The molecular weight excluding hydrogens is 324 g/mol. The van der Waals surface area contributed by atoms with Crippen molar-refractivity contribution >= 4 is 34.8 Å². The number of cyclic esters (lactones) is 1. The zero-order valence-corrected chi connectivity index (χ0v) is 13.1. The molecule has 22 heavy (non-hydrogen) atoms. The predicted octanol–water partition coefficient (Wildman–Crippen LogP) is 1.55. The van der Waals surface area contributed by atoms with Gasteiger partial charge in [-0.2, -0.15) is 5.48 Å². The average Bonchev–Trinajstić information content (AvgIpc) is 3.15. The Kier molecular flexibility index (Phi) is 4.54. The number of halogens is 1. The highest BCUT2D eigenvalue weighted by molar-refractivity contribution is 7.09. The first kappa shape index (κ1) is 15.2. The van der Waals surface area contributed by atoms with E-state index >= 15 is 0 Å². The fraction of sp³-hybridized carbons (Fsp3) is 0.200. The summed E-state index contributed by atoms with van der Waals surface area (Å²) < 4.78 is 5.20. The number of nitrogens with zero attached hydrogens (tertiary/aromatic N) is 1. The first-order valence-corrected chi connectivity index (χ1v) is 8.04. The molecule has 114 valence electrons. The van der Waals surface area contributed by atoms with Crippen LogP contribution in [0.1, 0.15) is 4.88 Å². The fourth-order valence-corrected chi connectivity index (χ4v) is 3.02. The molecule has 0 bridgehead atoms. The summed E-state index contributed by atoms with van der Waals surface area (Å²) >= 11 is 7.66. The molecule has 0 aromatic carbocycles. The maximum atomic E-state index is 11.9. The lowest BCUT2D eigenvalue weighted by molar-refractivity contribution is -0.902.